The summed E-state index contributed by atoms with van der Waals surface area (Å²) >= 11 is 0. The smallest absolute Gasteiger partial charge is 0.335 e. The van der Waals surface area contributed by atoms with E-state index in [1.807, 2.05) is 0 Å². The molecule has 12 nitrogen and oxygen atoms in total. The first kappa shape index (κ1) is 62.0. The highest BCUT2D eigenvalue weighted by atomic mass is 16.7. The van der Waals surface area contributed by atoms with Crippen LogP contribution in [0.2, 0.25) is 0 Å². The van der Waals surface area contributed by atoms with Crippen molar-refractivity contribution in [3.05, 3.63) is 36.5 Å². The van der Waals surface area contributed by atoms with Gasteiger partial charge < -0.3 is 39.0 Å². The molecule has 1 heterocycles. The maximum Gasteiger partial charge on any atom is 0.335 e. The van der Waals surface area contributed by atoms with Crippen LogP contribution >= 0.6 is 0 Å². The number of carbonyl (C=O) groups is 4. The van der Waals surface area contributed by atoms with Crippen LogP contribution in [0.15, 0.2) is 36.5 Å². The van der Waals surface area contributed by atoms with Crippen molar-refractivity contribution >= 4 is 23.9 Å². The van der Waals surface area contributed by atoms with E-state index < -0.39 is 67.3 Å². The number of unbranched alkanes of at least 4 members (excludes halogenated alkanes) is 25. The number of carboxylic acid groups (broad SMARTS) is 1. The summed E-state index contributed by atoms with van der Waals surface area (Å²) in [6.07, 6.45) is 37.1. The van der Waals surface area contributed by atoms with Gasteiger partial charge >= 0.3 is 23.9 Å². The van der Waals surface area contributed by atoms with Crippen molar-refractivity contribution in [2.24, 2.45) is 0 Å². The fourth-order valence-corrected chi connectivity index (χ4v) is 8.09. The first-order valence-electron chi connectivity index (χ1n) is 27.0. The van der Waals surface area contributed by atoms with Gasteiger partial charge in [-0.3, -0.25) is 14.4 Å². The Balaban J connectivity index is 2.70. The van der Waals surface area contributed by atoms with E-state index in [-0.39, 0.29) is 25.9 Å². The van der Waals surface area contributed by atoms with Crippen molar-refractivity contribution in [2.75, 3.05) is 13.2 Å². The van der Waals surface area contributed by atoms with E-state index in [4.69, 9.17) is 23.7 Å². The highest BCUT2D eigenvalue weighted by Gasteiger charge is 2.50. The molecule has 0 saturated carbocycles. The molecule has 1 saturated heterocycles. The maximum atomic E-state index is 13.0. The quantitative estimate of drug-likeness (QED) is 0.0228. The lowest BCUT2D eigenvalue weighted by atomic mass is 9.98. The number of aliphatic carboxylic acids is 1. The van der Waals surface area contributed by atoms with Gasteiger partial charge in [-0.1, -0.05) is 205 Å². The van der Waals surface area contributed by atoms with Crippen molar-refractivity contribution in [1.29, 1.82) is 0 Å². The average molecular weight is 949 g/mol. The zero-order valence-electron chi connectivity index (χ0n) is 42.4. The van der Waals surface area contributed by atoms with Crippen molar-refractivity contribution in [3.8, 4) is 0 Å². The lowest BCUT2D eigenvalue weighted by Crippen LogP contribution is -2.61. The van der Waals surface area contributed by atoms with E-state index in [1.165, 1.54) is 96.3 Å². The Kier molecular flexibility index (Phi) is 40.8. The Morgan fingerprint density at radius 2 is 0.940 bits per heavy atom. The van der Waals surface area contributed by atoms with Crippen LogP contribution in [0.5, 0.6) is 0 Å². The number of carbonyl (C=O) groups excluding carboxylic acids is 3. The van der Waals surface area contributed by atoms with Crippen LogP contribution in [0.25, 0.3) is 0 Å². The molecule has 67 heavy (non-hydrogen) atoms. The van der Waals surface area contributed by atoms with Crippen molar-refractivity contribution in [2.45, 2.75) is 276 Å². The number of allylic oxidation sites excluding steroid dienone is 6. The van der Waals surface area contributed by atoms with Crippen molar-refractivity contribution in [3.63, 3.8) is 0 Å². The predicted molar refractivity (Wildman–Crippen MR) is 266 cm³/mol. The van der Waals surface area contributed by atoms with Gasteiger partial charge in [0.05, 0.1) is 6.61 Å². The van der Waals surface area contributed by atoms with Crippen molar-refractivity contribution in [1.82, 2.24) is 0 Å². The lowest BCUT2D eigenvalue weighted by molar-refractivity contribution is -0.301. The number of carboxylic acids is 1. The van der Waals surface area contributed by atoms with Gasteiger partial charge in [0.1, 0.15) is 18.8 Å². The van der Waals surface area contributed by atoms with Crippen LogP contribution in [0, 0.1) is 0 Å². The third-order valence-corrected chi connectivity index (χ3v) is 12.2. The van der Waals surface area contributed by atoms with Crippen LogP contribution in [-0.2, 0) is 42.9 Å². The molecule has 6 atom stereocenters. The zero-order chi connectivity index (χ0) is 49.0. The number of aliphatic hydroxyl groups excluding tert-OH is 2. The molecule has 0 aromatic rings. The van der Waals surface area contributed by atoms with Gasteiger partial charge in [0.25, 0.3) is 0 Å². The number of esters is 3. The van der Waals surface area contributed by atoms with E-state index >= 15 is 0 Å². The van der Waals surface area contributed by atoms with Crippen LogP contribution in [0.1, 0.15) is 239 Å². The van der Waals surface area contributed by atoms with Gasteiger partial charge in [-0.15, -0.1) is 0 Å². The standard InChI is InChI=1S/C55H96O12/c1-4-7-10-13-16-19-21-23-24-26-28-31-34-37-40-43-49(58)66-53-51(60)50(59)52(54(61)62)67-55(53)64-45-46(65-48(57)42-39-36-33-29-18-15-12-9-6-3)44-63-47(56)41-38-35-32-30-27-25-22-20-17-14-11-8-5-2/h8,11,17,20,25,27,46,50-53,55,59-60H,4-7,9-10,12-16,18-19,21-24,26,28-45H2,1-3H3,(H,61,62)/b11-8-,20-17-,27-25-. The number of aliphatic hydroxyl groups is 2. The zero-order valence-corrected chi connectivity index (χ0v) is 42.4. The van der Waals surface area contributed by atoms with E-state index in [0.717, 1.165) is 83.5 Å². The third-order valence-electron chi connectivity index (χ3n) is 12.2. The summed E-state index contributed by atoms with van der Waals surface area (Å²) in [5.41, 5.74) is 0. The fourth-order valence-electron chi connectivity index (χ4n) is 8.09. The normalized spacial score (nSPS) is 19.1. The summed E-state index contributed by atoms with van der Waals surface area (Å²) in [6.45, 7) is 5.82. The molecule has 0 aromatic carbocycles. The van der Waals surface area contributed by atoms with Crippen LogP contribution in [-0.4, -0.2) is 89.2 Å². The molecular formula is C55H96O12. The molecule has 1 fully saturated rings. The predicted octanol–water partition coefficient (Wildman–Crippen LogP) is 12.9. The molecule has 0 aliphatic carbocycles. The summed E-state index contributed by atoms with van der Waals surface area (Å²) in [5.74, 6) is -3.14. The molecular weight excluding hydrogens is 853 g/mol. The van der Waals surface area contributed by atoms with Crippen LogP contribution in [0.3, 0.4) is 0 Å². The Hall–Kier alpha value is -3.06. The van der Waals surface area contributed by atoms with Gasteiger partial charge in [-0.25, -0.2) is 4.79 Å². The highest BCUT2D eigenvalue weighted by molar-refractivity contribution is 5.74. The van der Waals surface area contributed by atoms with Crippen molar-refractivity contribution < 1.29 is 58.2 Å². The monoisotopic (exact) mass is 949 g/mol. The summed E-state index contributed by atoms with van der Waals surface area (Å²) in [6, 6.07) is 0. The highest BCUT2D eigenvalue weighted by Crippen LogP contribution is 2.26. The first-order chi connectivity index (χ1) is 32.6. The Morgan fingerprint density at radius 1 is 0.507 bits per heavy atom. The van der Waals surface area contributed by atoms with Gasteiger partial charge in [0.15, 0.2) is 24.6 Å². The molecule has 1 aliphatic rings. The summed E-state index contributed by atoms with van der Waals surface area (Å²) < 4.78 is 28.3. The summed E-state index contributed by atoms with van der Waals surface area (Å²) in [4.78, 5) is 50.8. The van der Waals surface area contributed by atoms with Gasteiger partial charge in [0.2, 0.25) is 0 Å². The van der Waals surface area contributed by atoms with E-state index in [1.54, 1.807) is 0 Å². The number of hydrogen-bond donors (Lipinski definition) is 3. The Labute approximate surface area is 406 Å². The second kappa shape index (κ2) is 44.2. The number of rotatable bonds is 45. The van der Waals surface area contributed by atoms with Crippen LogP contribution < -0.4 is 0 Å². The molecule has 6 unspecified atom stereocenters. The molecule has 0 spiro atoms. The topological polar surface area (TPSA) is 175 Å². The minimum atomic E-state index is -1.90. The third kappa shape index (κ3) is 34.8. The second-order valence-corrected chi connectivity index (χ2v) is 18.5. The Bertz CT molecular complexity index is 1310. The molecule has 388 valence electrons. The average Bonchev–Trinajstić information content (AvgIpc) is 3.31. The van der Waals surface area contributed by atoms with Gasteiger partial charge in [0, 0.05) is 19.3 Å². The molecule has 3 N–H and O–H groups in total. The van der Waals surface area contributed by atoms with E-state index in [0.29, 0.717) is 19.3 Å². The molecule has 0 aromatic heterocycles. The number of ether oxygens (including phenoxy) is 5. The largest absolute Gasteiger partial charge is 0.479 e. The summed E-state index contributed by atoms with van der Waals surface area (Å²) in [5, 5.41) is 31.3. The fraction of sp³-hybridized carbons (Fsp3) is 0.818. The van der Waals surface area contributed by atoms with Gasteiger partial charge in [-0.05, 0) is 51.4 Å². The van der Waals surface area contributed by atoms with E-state index in [2.05, 4.69) is 57.2 Å². The minimum absolute atomic E-state index is 0.0629. The first-order valence-corrected chi connectivity index (χ1v) is 27.0. The molecule has 12 heteroatoms. The molecule has 0 amide bonds. The van der Waals surface area contributed by atoms with Crippen LogP contribution in [0.4, 0.5) is 0 Å². The maximum absolute atomic E-state index is 13.0. The minimum Gasteiger partial charge on any atom is -0.479 e. The van der Waals surface area contributed by atoms with E-state index in [9.17, 15) is 34.5 Å². The molecule has 1 rings (SSSR count). The lowest BCUT2D eigenvalue weighted by Gasteiger charge is -2.40. The second-order valence-electron chi connectivity index (χ2n) is 18.5. The SMILES string of the molecule is CC/C=C\C/C=C\C/C=C\CCCCCC(=O)OCC(COC1OC(C(=O)O)C(O)C(O)C1OC(=O)CCCCCCCCCCCCCCCCC)OC(=O)CCCCCCCCCCC. The molecule has 0 bridgehead atoms. The molecule has 1 aliphatic heterocycles. The number of hydrogen-bond acceptors (Lipinski definition) is 11. The Morgan fingerprint density at radius 3 is 1.43 bits per heavy atom. The molecule has 0 radical (unpaired) electrons. The summed E-state index contributed by atoms with van der Waals surface area (Å²) in [7, 11) is 0. The van der Waals surface area contributed by atoms with Gasteiger partial charge in [-0.2, -0.15) is 0 Å².